The molecule has 0 aromatic heterocycles. The standard InChI is InChI=1S/C12H18N2O/c1-4-11(14(2)3)13-12(15)10-8-6-5-7-9-10/h5-9,11H,4H2,1-3H3,(H,13,15). The fourth-order valence-electron chi connectivity index (χ4n) is 1.42. The molecular weight excluding hydrogens is 188 g/mol. The Balaban J connectivity index is 2.63. The van der Waals surface area contributed by atoms with E-state index in [9.17, 15) is 4.79 Å². The lowest BCUT2D eigenvalue weighted by molar-refractivity contribution is 0.0887. The summed E-state index contributed by atoms with van der Waals surface area (Å²) >= 11 is 0. The van der Waals surface area contributed by atoms with Crippen LogP contribution in [0.3, 0.4) is 0 Å². The third-order valence-electron chi connectivity index (χ3n) is 2.34. The third-order valence-corrected chi connectivity index (χ3v) is 2.34. The Morgan fingerprint density at radius 2 is 1.93 bits per heavy atom. The number of benzene rings is 1. The summed E-state index contributed by atoms with van der Waals surface area (Å²) in [6.07, 6.45) is 0.990. The molecule has 1 aromatic carbocycles. The Bertz CT molecular complexity index is 309. The molecule has 0 fully saturated rings. The fraction of sp³-hybridized carbons (Fsp3) is 0.417. The Morgan fingerprint density at radius 3 is 2.40 bits per heavy atom. The topological polar surface area (TPSA) is 32.3 Å². The number of amides is 1. The van der Waals surface area contributed by atoms with Crippen LogP contribution < -0.4 is 5.32 Å². The number of carbonyl (C=O) groups is 1. The summed E-state index contributed by atoms with van der Waals surface area (Å²) in [5.41, 5.74) is 0.706. The van der Waals surface area contributed by atoms with Crippen molar-refractivity contribution in [2.75, 3.05) is 14.1 Å². The lowest BCUT2D eigenvalue weighted by atomic mass is 10.2. The van der Waals surface area contributed by atoms with Gasteiger partial charge in [-0.05, 0) is 32.6 Å². The van der Waals surface area contributed by atoms with E-state index in [1.807, 2.05) is 49.3 Å². The maximum absolute atomic E-state index is 11.8. The molecule has 1 unspecified atom stereocenters. The van der Waals surface area contributed by atoms with E-state index in [1.54, 1.807) is 0 Å². The molecule has 3 nitrogen and oxygen atoms in total. The molecule has 1 amide bonds. The van der Waals surface area contributed by atoms with E-state index in [0.717, 1.165) is 6.42 Å². The van der Waals surface area contributed by atoms with E-state index in [1.165, 1.54) is 0 Å². The first-order valence-electron chi connectivity index (χ1n) is 5.17. The van der Waals surface area contributed by atoms with Crippen LogP contribution in [-0.4, -0.2) is 31.1 Å². The van der Waals surface area contributed by atoms with Crippen molar-refractivity contribution in [1.29, 1.82) is 0 Å². The van der Waals surface area contributed by atoms with E-state index in [2.05, 4.69) is 12.2 Å². The Kier molecular flexibility index (Phi) is 4.31. The quantitative estimate of drug-likeness (QED) is 0.761. The van der Waals surface area contributed by atoms with Gasteiger partial charge in [0.2, 0.25) is 0 Å². The second-order valence-corrected chi connectivity index (χ2v) is 3.73. The summed E-state index contributed by atoms with van der Waals surface area (Å²) in [6, 6.07) is 9.27. The normalized spacial score (nSPS) is 12.5. The van der Waals surface area contributed by atoms with Gasteiger partial charge in [0.1, 0.15) is 0 Å². The zero-order valence-electron chi connectivity index (χ0n) is 9.53. The molecule has 0 radical (unpaired) electrons. The maximum atomic E-state index is 11.8. The summed E-state index contributed by atoms with van der Waals surface area (Å²) in [6.45, 7) is 2.05. The van der Waals surface area contributed by atoms with Gasteiger partial charge < -0.3 is 5.32 Å². The van der Waals surface area contributed by atoms with Gasteiger partial charge in [-0.1, -0.05) is 25.1 Å². The van der Waals surface area contributed by atoms with Crippen molar-refractivity contribution in [2.45, 2.75) is 19.5 Å². The van der Waals surface area contributed by atoms with E-state index in [4.69, 9.17) is 0 Å². The van der Waals surface area contributed by atoms with Gasteiger partial charge in [0.15, 0.2) is 0 Å². The SMILES string of the molecule is CCC(NC(=O)c1ccccc1)N(C)C. The van der Waals surface area contributed by atoms with E-state index in [0.29, 0.717) is 5.56 Å². The molecule has 15 heavy (non-hydrogen) atoms. The zero-order valence-corrected chi connectivity index (χ0v) is 9.53. The summed E-state index contributed by atoms with van der Waals surface area (Å²) in [7, 11) is 3.92. The lowest BCUT2D eigenvalue weighted by Gasteiger charge is -2.23. The van der Waals surface area contributed by atoms with Gasteiger partial charge >= 0.3 is 0 Å². The van der Waals surface area contributed by atoms with Gasteiger partial charge in [-0.2, -0.15) is 0 Å². The van der Waals surface area contributed by atoms with Crippen LogP contribution in [0, 0.1) is 0 Å². The Morgan fingerprint density at radius 1 is 1.33 bits per heavy atom. The van der Waals surface area contributed by atoms with Crippen LogP contribution in [0.1, 0.15) is 23.7 Å². The van der Waals surface area contributed by atoms with Gasteiger partial charge in [-0.15, -0.1) is 0 Å². The van der Waals surface area contributed by atoms with Crippen LogP contribution in [0.25, 0.3) is 0 Å². The van der Waals surface area contributed by atoms with Crippen LogP contribution in [0.2, 0.25) is 0 Å². The average molecular weight is 206 g/mol. The van der Waals surface area contributed by atoms with Gasteiger partial charge in [0.05, 0.1) is 6.17 Å². The minimum absolute atomic E-state index is 0.0175. The summed E-state index contributed by atoms with van der Waals surface area (Å²) in [4.78, 5) is 13.8. The molecule has 0 saturated carbocycles. The van der Waals surface area contributed by atoms with Crippen LogP contribution in [0.4, 0.5) is 0 Å². The second kappa shape index (κ2) is 5.51. The molecule has 1 atom stereocenters. The van der Waals surface area contributed by atoms with Crippen LogP contribution in [0.15, 0.2) is 30.3 Å². The first kappa shape index (κ1) is 11.7. The summed E-state index contributed by atoms with van der Waals surface area (Å²) in [5, 5.41) is 2.97. The highest BCUT2D eigenvalue weighted by atomic mass is 16.1. The highest BCUT2D eigenvalue weighted by Crippen LogP contribution is 2.01. The molecule has 0 saturated heterocycles. The van der Waals surface area contributed by atoms with Crippen molar-refractivity contribution in [3.8, 4) is 0 Å². The predicted octanol–water partition coefficient (Wildman–Crippen LogP) is 1.71. The van der Waals surface area contributed by atoms with Crippen LogP contribution >= 0.6 is 0 Å². The van der Waals surface area contributed by atoms with Crippen molar-refractivity contribution >= 4 is 5.91 Å². The van der Waals surface area contributed by atoms with Crippen LogP contribution in [-0.2, 0) is 0 Å². The molecule has 0 spiro atoms. The minimum atomic E-state index is -0.0175. The maximum Gasteiger partial charge on any atom is 0.252 e. The molecule has 0 bridgehead atoms. The molecule has 82 valence electrons. The number of carbonyl (C=O) groups excluding carboxylic acids is 1. The van der Waals surface area contributed by atoms with Crippen molar-refractivity contribution in [3.63, 3.8) is 0 Å². The molecule has 0 aliphatic rings. The highest BCUT2D eigenvalue weighted by Gasteiger charge is 2.12. The fourth-order valence-corrected chi connectivity index (χ4v) is 1.42. The minimum Gasteiger partial charge on any atom is -0.337 e. The molecule has 1 rings (SSSR count). The molecule has 1 aromatic rings. The van der Waals surface area contributed by atoms with Gasteiger partial charge in [-0.25, -0.2) is 0 Å². The summed E-state index contributed by atoms with van der Waals surface area (Å²) in [5.74, 6) is -0.0175. The van der Waals surface area contributed by atoms with Crippen molar-refractivity contribution < 1.29 is 4.79 Å². The first-order valence-corrected chi connectivity index (χ1v) is 5.17. The van der Waals surface area contributed by atoms with Gasteiger partial charge in [0.25, 0.3) is 5.91 Å². The smallest absolute Gasteiger partial charge is 0.252 e. The van der Waals surface area contributed by atoms with Gasteiger partial charge in [-0.3, -0.25) is 9.69 Å². The molecule has 0 aliphatic heterocycles. The van der Waals surface area contributed by atoms with Crippen molar-refractivity contribution in [3.05, 3.63) is 35.9 Å². The van der Waals surface area contributed by atoms with E-state index < -0.39 is 0 Å². The molecule has 1 N–H and O–H groups in total. The van der Waals surface area contributed by atoms with E-state index >= 15 is 0 Å². The zero-order chi connectivity index (χ0) is 11.3. The van der Waals surface area contributed by atoms with Crippen molar-refractivity contribution in [2.24, 2.45) is 0 Å². The third kappa shape index (κ3) is 3.36. The molecule has 0 aliphatic carbocycles. The average Bonchev–Trinajstić information content (AvgIpc) is 2.26. The molecular formula is C12H18N2O. The largest absolute Gasteiger partial charge is 0.337 e. The number of rotatable bonds is 4. The lowest BCUT2D eigenvalue weighted by Crippen LogP contribution is -2.44. The molecule has 3 heteroatoms. The second-order valence-electron chi connectivity index (χ2n) is 3.73. The number of hydrogen-bond donors (Lipinski definition) is 1. The summed E-state index contributed by atoms with van der Waals surface area (Å²) < 4.78 is 0. The first-order chi connectivity index (χ1) is 7.15. The van der Waals surface area contributed by atoms with E-state index in [-0.39, 0.29) is 12.1 Å². The van der Waals surface area contributed by atoms with Crippen molar-refractivity contribution in [1.82, 2.24) is 10.2 Å². The number of hydrogen-bond acceptors (Lipinski definition) is 2. The number of nitrogens with zero attached hydrogens (tertiary/aromatic N) is 1. The monoisotopic (exact) mass is 206 g/mol. The highest BCUT2D eigenvalue weighted by molar-refractivity contribution is 5.94. The predicted molar refractivity (Wildman–Crippen MR) is 61.7 cm³/mol. The van der Waals surface area contributed by atoms with Crippen LogP contribution in [0.5, 0.6) is 0 Å². The van der Waals surface area contributed by atoms with Gasteiger partial charge in [0, 0.05) is 5.56 Å². The number of nitrogens with one attached hydrogen (secondary N) is 1. The Labute approximate surface area is 91.1 Å². The molecule has 0 heterocycles. The Hall–Kier alpha value is -1.35.